The monoisotopic (exact) mass is 302 g/mol. The first-order valence-electron chi connectivity index (χ1n) is 6.99. The number of carbonyl (C=O) groups excluding carboxylic acids is 2. The van der Waals surface area contributed by atoms with Crippen LogP contribution in [-0.2, 0) is 9.59 Å². The second kappa shape index (κ2) is 4.22. The number of carbonyl (C=O) groups is 2. The van der Waals surface area contributed by atoms with Gasteiger partial charge in [-0.05, 0) is 24.3 Å². The molecule has 1 heterocycles. The molecule has 0 N–H and O–H groups in total. The van der Waals surface area contributed by atoms with Gasteiger partial charge in [0.15, 0.2) is 0 Å². The van der Waals surface area contributed by atoms with Crippen molar-refractivity contribution in [2.45, 2.75) is 6.42 Å². The van der Waals surface area contributed by atoms with Crippen molar-refractivity contribution in [1.29, 1.82) is 0 Å². The summed E-state index contributed by atoms with van der Waals surface area (Å²) in [5.74, 6) is -2.61. The van der Waals surface area contributed by atoms with E-state index in [2.05, 4.69) is 0 Å². The average Bonchev–Trinajstić information content (AvgIpc) is 3.14. The molecule has 3 aliphatic rings. The third-order valence-corrected chi connectivity index (χ3v) is 4.85. The van der Waals surface area contributed by atoms with Gasteiger partial charge in [-0.15, -0.1) is 0 Å². The van der Waals surface area contributed by atoms with Crippen LogP contribution >= 0.6 is 0 Å². The highest BCUT2D eigenvalue weighted by Gasteiger charge is 2.60. The quantitative estimate of drug-likeness (QED) is 0.362. The van der Waals surface area contributed by atoms with Crippen LogP contribution in [0.25, 0.3) is 0 Å². The fourth-order valence-corrected chi connectivity index (χ4v) is 3.93. The Morgan fingerprint density at radius 3 is 2.27 bits per heavy atom. The normalized spacial score (nSPS) is 32.0. The number of benzene rings is 1. The van der Waals surface area contributed by atoms with Crippen molar-refractivity contribution in [1.82, 2.24) is 0 Å². The van der Waals surface area contributed by atoms with Gasteiger partial charge >= 0.3 is 0 Å². The lowest BCUT2D eigenvalue weighted by Crippen LogP contribution is -2.33. The summed E-state index contributed by atoms with van der Waals surface area (Å²) in [6.07, 6.45) is 4.65. The summed E-state index contributed by atoms with van der Waals surface area (Å²) >= 11 is 0. The van der Waals surface area contributed by atoms with Gasteiger partial charge in [0.1, 0.15) is 5.82 Å². The van der Waals surface area contributed by atoms with E-state index in [4.69, 9.17) is 0 Å². The van der Waals surface area contributed by atoms with Crippen LogP contribution in [-0.4, -0.2) is 16.7 Å². The van der Waals surface area contributed by atoms with E-state index in [1.54, 1.807) is 0 Å². The lowest BCUT2D eigenvalue weighted by molar-refractivity contribution is -0.384. The molecule has 0 unspecified atom stereocenters. The molecule has 112 valence electrons. The van der Waals surface area contributed by atoms with E-state index in [1.165, 1.54) is 0 Å². The lowest BCUT2D eigenvalue weighted by Gasteiger charge is -2.17. The summed E-state index contributed by atoms with van der Waals surface area (Å²) in [7, 11) is 0. The number of imide groups is 1. The molecule has 2 aliphatic carbocycles. The number of nitro benzene ring substituents is 1. The average molecular weight is 302 g/mol. The Labute approximate surface area is 124 Å². The Morgan fingerprint density at radius 1 is 1.14 bits per heavy atom. The summed E-state index contributed by atoms with van der Waals surface area (Å²) in [6.45, 7) is 0. The molecule has 1 saturated carbocycles. The molecule has 1 aliphatic heterocycles. The van der Waals surface area contributed by atoms with Gasteiger partial charge in [0, 0.05) is 12.1 Å². The minimum absolute atomic E-state index is 0.0122. The van der Waals surface area contributed by atoms with E-state index >= 15 is 0 Å². The number of anilines is 1. The zero-order valence-electron chi connectivity index (χ0n) is 11.3. The van der Waals surface area contributed by atoms with Gasteiger partial charge in [-0.1, -0.05) is 12.2 Å². The molecule has 7 heteroatoms. The predicted molar refractivity (Wildman–Crippen MR) is 73.3 cm³/mol. The smallest absolute Gasteiger partial charge is 0.271 e. The summed E-state index contributed by atoms with van der Waals surface area (Å²) in [5.41, 5.74) is -0.673. The van der Waals surface area contributed by atoms with Crippen molar-refractivity contribution in [2.24, 2.45) is 23.7 Å². The number of rotatable bonds is 2. The Balaban J connectivity index is 1.79. The van der Waals surface area contributed by atoms with E-state index in [9.17, 15) is 24.1 Å². The van der Waals surface area contributed by atoms with Gasteiger partial charge in [0.05, 0.1) is 22.4 Å². The fraction of sp³-hybridized carbons (Fsp3) is 0.333. The number of hydrogen-bond donors (Lipinski definition) is 0. The predicted octanol–water partition coefficient (Wildman–Crippen LogP) is 2.05. The van der Waals surface area contributed by atoms with Gasteiger partial charge in [0.2, 0.25) is 11.8 Å². The third kappa shape index (κ3) is 1.53. The Morgan fingerprint density at radius 2 is 1.73 bits per heavy atom. The zero-order chi connectivity index (χ0) is 15.6. The minimum Gasteiger partial charge on any atom is -0.274 e. The molecule has 0 aromatic heterocycles. The summed E-state index contributed by atoms with van der Waals surface area (Å²) < 4.78 is 14.0. The molecule has 1 aromatic rings. The molecule has 4 rings (SSSR count). The van der Waals surface area contributed by atoms with Gasteiger partial charge in [-0.25, -0.2) is 9.29 Å². The van der Waals surface area contributed by atoms with Gasteiger partial charge < -0.3 is 0 Å². The second-order valence-corrected chi connectivity index (χ2v) is 5.90. The molecule has 4 atom stereocenters. The van der Waals surface area contributed by atoms with E-state index in [0.717, 1.165) is 29.5 Å². The van der Waals surface area contributed by atoms with Crippen molar-refractivity contribution in [3.63, 3.8) is 0 Å². The Hall–Kier alpha value is -2.57. The molecule has 6 nitrogen and oxygen atoms in total. The zero-order valence-corrected chi connectivity index (χ0v) is 11.3. The molecule has 2 fully saturated rings. The lowest BCUT2D eigenvalue weighted by atomic mass is 9.85. The second-order valence-electron chi connectivity index (χ2n) is 5.90. The van der Waals surface area contributed by atoms with Crippen molar-refractivity contribution >= 4 is 23.2 Å². The number of amides is 2. The molecule has 22 heavy (non-hydrogen) atoms. The van der Waals surface area contributed by atoms with Crippen molar-refractivity contribution < 1.29 is 18.9 Å². The van der Waals surface area contributed by atoms with Crippen LogP contribution in [0.1, 0.15) is 6.42 Å². The van der Waals surface area contributed by atoms with Crippen LogP contribution in [0.3, 0.4) is 0 Å². The fourth-order valence-electron chi connectivity index (χ4n) is 3.93. The van der Waals surface area contributed by atoms with E-state index in [0.29, 0.717) is 0 Å². The van der Waals surface area contributed by atoms with Crippen molar-refractivity contribution in [2.75, 3.05) is 4.90 Å². The number of non-ortho nitro benzene ring substituents is 1. The van der Waals surface area contributed by atoms with Crippen molar-refractivity contribution in [3.05, 3.63) is 46.3 Å². The van der Waals surface area contributed by atoms with E-state index in [1.807, 2.05) is 12.2 Å². The first-order valence-corrected chi connectivity index (χ1v) is 6.99. The molecule has 1 saturated heterocycles. The van der Waals surface area contributed by atoms with Crippen LogP contribution < -0.4 is 4.90 Å². The highest BCUT2D eigenvalue weighted by atomic mass is 19.1. The Kier molecular flexibility index (Phi) is 2.52. The third-order valence-electron chi connectivity index (χ3n) is 4.85. The number of halogens is 1. The van der Waals surface area contributed by atoms with E-state index < -0.39 is 34.4 Å². The topological polar surface area (TPSA) is 80.5 Å². The number of allylic oxidation sites excluding steroid dienone is 2. The number of nitro groups is 1. The van der Waals surface area contributed by atoms with Gasteiger partial charge in [-0.3, -0.25) is 19.7 Å². The summed E-state index contributed by atoms with van der Waals surface area (Å²) in [6, 6.07) is 2.87. The highest BCUT2D eigenvalue weighted by molar-refractivity contribution is 6.23. The first kappa shape index (κ1) is 13.1. The molecular formula is C15H11FN2O4. The van der Waals surface area contributed by atoms with Gasteiger partial charge in [0.25, 0.3) is 5.69 Å². The van der Waals surface area contributed by atoms with Crippen LogP contribution in [0.4, 0.5) is 15.8 Å². The highest BCUT2D eigenvalue weighted by Crippen LogP contribution is 2.53. The molecule has 1 aromatic carbocycles. The maximum Gasteiger partial charge on any atom is 0.271 e. The minimum atomic E-state index is -0.812. The number of nitrogens with zero attached hydrogens (tertiary/aromatic N) is 2. The summed E-state index contributed by atoms with van der Waals surface area (Å²) in [5, 5.41) is 10.8. The largest absolute Gasteiger partial charge is 0.274 e. The van der Waals surface area contributed by atoms with Gasteiger partial charge in [-0.2, -0.15) is 0 Å². The molecule has 2 bridgehead atoms. The van der Waals surface area contributed by atoms with Crippen molar-refractivity contribution in [3.8, 4) is 0 Å². The summed E-state index contributed by atoms with van der Waals surface area (Å²) in [4.78, 5) is 36.1. The maximum absolute atomic E-state index is 14.0. The maximum atomic E-state index is 14.0. The Bertz CT molecular complexity index is 730. The van der Waals surface area contributed by atoms with Crippen LogP contribution in [0.5, 0.6) is 0 Å². The standard InChI is InChI=1S/C15H11FN2O4/c16-10-4-3-9(18(21)22)6-11(10)17-14(19)12-7-1-2-8(5-7)13(12)15(17)20/h1-4,6-8,12-13H,5H2/t7-,8-,12+,13+/m1/s1. The molecule has 2 amide bonds. The SMILES string of the molecule is O=C1[C@@H]2[C@@H](C(=O)N1c1cc([N+](=O)[O-])ccc1F)[C@@H]1C=C[C@@H]2C1. The van der Waals surface area contributed by atoms with Crippen LogP contribution in [0.15, 0.2) is 30.4 Å². The first-order chi connectivity index (χ1) is 10.5. The van der Waals surface area contributed by atoms with Crippen LogP contribution in [0, 0.1) is 39.6 Å². The number of fused-ring (bicyclic) bond motifs is 5. The molecule has 0 spiro atoms. The van der Waals surface area contributed by atoms with E-state index in [-0.39, 0.29) is 23.2 Å². The van der Waals surface area contributed by atoms with Crippen LogP contribution in [0.2, 0.25) is 0 Å². The molecule has 0 radical (unpaired) electrons. The number of hydrogen-bond acceptors (Lipinski definition) is 4. The molecular weight excluding hydrogens is 291 g/mol.